The van der Waals surface area contributed by atoms with Gasteiger partial charge in [-0.2, -0.15) is 0 Å². The van der Waals surface area contributed by atoms with E-state index in [-0.39, 0.29) is 18.3 Å². The van der Waals surface area contributed by atoms with Gasteiger partial charge in [-0.1, -0.05) is 13.3 Å². The predicted molar refractivity (Wildman–Crippen MR) is 68.2 cm³/mol. The number of aliphatic hydroxyl groups excluding tert-OH is 1. The van der Waals surface area contributed by atoms with Crippen molar-refractivity contribution in [2.45, 2.75) is 65.0 Å². The molecule has 4 heteroatoms. The summed E-state index contributed by atoms with van der Waals surface area (Å²) in [5, 5.41) is 9.09. The van der Waals surface area contributed by atoms with Crippen LogP contribution in [0, 0.1) is 0 Å². The van der Waals surface area contributed by atoms with Gasteiger partial charge in [-0.05, 0) is 27.2 Å². The first-order chi connectivity index (χ1) is 8.01. The van der Waals surface area contributed by atoms with E-state index in [2.05, 4.69) is 6.92 Å². The molecule has 4 atom stereocenters. The van der Waals surface area contributed by atoms with Crippen LogP contribution >= 0.6 is 0 Å². The molecule has 4 unspecified atom stereocenters. The quantitative estimate of drug-likeness (QED) is 0.642. The molecular weight excluding hydrogens is 220 g/mol. The Morgan fingerprint density at radius 1 is 1.06 bits per heavy atom. The molecule has 4 nitrogen and oxygen atoms in total. The Morgan fingerprint density at radius 3 is 2.18 bits per heavy atom. The van der Waals surface area contributed by atoms with E-state index in [0.29, 0.717) is 13.2 Å². The summed E-state index contributed by atoms with van der Waals surface area (Å²) in [6, 6.07) is 0. The highest BCUT2D eigenvalue weighted by molar-refractivity contribution is 4.66. The summed E-state index contributed by atoms with van der Waals surface area (Å²) in [5.74, 6) is 0. The topological polar surface area (TPSA) is 47.9 Å². The van der Waals surface area contributed by atoms with Crippen molar-refractivity contribution in [1.82, 2.24) is 0 Å². The minimum Gasteiger partial charge on any atom is -0.391 e. The lowest BCUT2D eigenvalue weighted by Crippen LogP contribution is -2.31. The molecule has 0 rings (SSSR count). The van der Waals surface area contributed by atoms with E-state index in [1.54, 1.807) is 14.0 Å². The smallest absolute Gasteiger partial charge is 0.0830 e. The fourth-order valence-corrected chi connectivity index (χ4v) is 1.57. The highest BCUT2D eigenvalue weighted by atomic mass is 16.6. The minimum absolute atomic E-state index is 0.00816. The Hall–Kier alpha value is -0.160. The van der Waals surface area contributed by atoms with E-state index in [9.17, 15) is 0 Å². The highest BCUT2D eigenvalue weighted by Gasteiger charge is 2.17. The Morgan fingerprint density at radius 2 is 1.71 bits per heavy atom. The van der Waals surface area contributed by atoms with Gasteiger partial charge in [0.05, 0.1) is 37.6 Å². The largest absolute Gasteiger partial charge is 0.391 e. The molecule has 0 saturated heterocycles. The molecule has 0 radical (unpaired) electrons. The van der Waals surface area contributed by atoms with Crippen molar-refractivity contribution in [3.63, 3.8) is 0 Å². The van der Waals surface area contributed by atoms with Crippen LogP contribution in [-0.2, 0) is 14.2 Å². The maximum absolute atomic E-state index is 9.09. The molecule has 0 heterocycles. The number of aliphatic hydroxyl groups is 1. The molecule has 0 saturated carbocycles. The van der Waals surface area contributed by atoms with Crippen molar-refractivity contribution in [1.29, 1.82) is 0 Å². The Labute approximate surface area is 105 Å². The lowest BCUT2D eigenvalue weighted by molar-refractivity contribution is -0.0913. The molecule has 0 fully saturated rings. The van der Waals surface area contributed by atoms with Crippen LogP contribution in [0.15, 0.2) is 0 Å². The molecule has 0 aromatic heterocycles. The molecule has 17 heavy (non-hydrogen) atoms. The lowest BCUT2D eigenvalue weighted by Gasteiger charge is -2.24. The third kappa shape index (κ3) is 8.55. The number of rotatable bonds is 10. The average molecular weight is 248 g/mol. The van der Waals surface area contributed by atoms with Gasteiger partial charge in [0.1, 0.15) is 0 Å². The molecule has 0 aliphatic rings. The Bertz CT molecular complexity index is 173. The maximum Gasteiger partial charge on any atom is 0.0830 e. The van der Waals surface area contributed by atoms with E-state index in [4.69, 9.17) is 19.3 Å². The second-order valence-corrected chi connectivity index (χ2v) is 4.59. The van der Waals surface area contributed by atoms with Gasteiger partial charge < -0.3 is 19.3 Å². The fraction of sp³-hybridized carbons (Fsp3) is 1.00. The first-order valence-electron chi connectivity index (χ1n) is 6.45. The Kier molecular flexibility index (Phi) is 9.74. The van der Waals surface area contributed by atoms with Gasteiger partial charge in [0.2, 0.25) is 0 Å². The van der Waals surface area contributed by atoms with Gasteiger partial charge in [-0.15, -0.1) is 0 Å². The van der Waals surface area contributed by atoms with Gasteiger partial charge in [-0.25, -0.2) is 0 Å². The first kappa shape index (κ1) is 16.8. The van der Waals surface area contributed by atoms with Crippen molar-refractivity contribution in [3.05, 3.63) is 0 Å². The van der Waals surface area contributed by atoms with E-state index in [1.807, 2.05) is 13.8 Å². The normalized spacial score (nSPS) is 18.7. The summed E-state index contributed by atoms with van der Waals surface area (Å²) in [5.41, 5.74) is 0. The van der Waals surface area contributed by atoms with Gasteiger partial charge in [0.15, 0.2) is 0 Å². The van der Waals surface area contributed by atoms with Crippen LogP contribution in [0.4, 0.5) is 0 Å². The van der Waals surface area contributed by atoms with Crippen LogP contribution in [0.2, 0.25) is 0 Å². The van der Waals surface area contributed by atoms with Gasteiger partial charge in [0, 0.05) is 7.11 Å². The van der Waals surface area contributed by atoms with Crippen molar-refractivity contribution >= 4 is 0 Å². The number of hydrogen-bond acceptors (Lipinski definition) is 4. The van der Waals surface area contributed by atoms with Gasteiger partial charge in [-0.3, -0.25) is 0 Å². The zero-order valence-corrected chi connectivity index (χ0v) is 11.8. The molecule has 0 aliphatic carbocycles. The molecule has 104 valence electrons. The third-order valence-corrected chi connectivity index (χ3v) is 2.62. The van der Waals surface area contributed by atoms with E-state index in [1.165, 1.54) is 0 Å². The average Bonchev–Trinajstić information content (AvgIpc) is 2.30. The standard InChI is InChI=1S/C13H28O4/c1-6-7-13(15-5)12(4)17-9-11(3)16-8-10(2)14/h10-14H,6-9H2,1-5H3. The summed E-state index contributed by atoms with van der Waals surface area (Å²) >= 11 is 0. The zero-order chi connectivity index (χ0) is 13.3. The minimum atomic E-state index is -0.429. The number of methoxy groups -OCH3 is 1. The Balaban J connectivity index is 3.76. The van der Waals surface area contributed by atoms with Crippen LogP contribution in [0.5, 0.6) is 0 Å². The first-order valence-corrected chi connectivity index (χ1v) is 6.45. The molecule has 0 aromatic carbocycles. The van der Waals surface area contributed by atoms with Crippen molar-refractivity contribution < 1.29 is 19.3 Å². The van der Waals surface area contributed by atoms with Gasteiger partial charge >= 0.3 is 0 Å². The van der Waals surface area contributed by atoms with Crippen LogP contribution < -0.4 is 0 Å². The van der Waals surface area contributed by atoms with E-state index >= 15 is 0 Å². The van der Waals surface area contributed by atoms with Crippen molar-refractivity contribution in [2.24, 2.45) is 0 Å². The molecule has 0 amide bonds. The number of hydrogen-bond donors (Lipinski definition) is 1. The highest BCUT2D eigenvalue weighted by Crippen LogP contribution is 2.10. The number of ether oxygens (including phenoxy) is 3. The van der Waals surface area contributed by atoms with Crippen LogP contribution in [-0.4, -0.2) is 49.8 Å². The molecule has 0 spiro atoms. The van der Waals surface area contributed by atoms with Crippen LogP contribution in [0.1, 0.15) is 40.5 Å². The second kappa shape index (κ2) is 9.83. The second-order valence-electron chi connectivity index (χ2n) is 4.59. The lowest BCUT2D eigenvalue weighted by atomic mass is 10.1. The SMILES string of the molecule is CCCC(OC)C(C)OCC(C)OCC(C)O. The summed E-state index contributed by atoms with van der Waals surface area (Å²) in [4.78, 5) is 0. The summed E-state index contributed by atoms with van der Waals surface area (Å²) < 4.78 is 16.5. The third-order valence-electron chi connectivity index (χ3n) is 2.62. The monoisotopic (exact) mass is 248 g/mol. The van der Waals surface area contributed by atoms with E-state index in [0.717, 1.165) is 12.8 Å². The van der Waals surface area contributed by atoms with Crippen molar-refractivity contribution in [2.75, 3.05) is 20.3 Å². The summed E-state index contributed by atoms with van der Waals surface area (Å²) in [6.07, 6.45) is 1.86. The fourth-order valence-electron chi connectivity index (χ4n) is 1.57. The van der Waals surface area contributed by atoms with Gasteiger partial charge in [0.25, 0.3) is 0 Å². The molecule has 0 aliphatic heterocycles. The zero-order valence-electron chi connectivity index (χ0n) is 11.8. The molecule has 0 aromatic rings. The molecule has 0 bridgehead atoms. The molecule has 1 N–H and O–H groups in total. The van der Waals surface area contributed by atoms with E-state index < -0.39 is 6.10 Å². The maximum atomic E-state index is 9.09. The van der Waals surface area contributed by atoms with Crippen LogP contribution in [0.25, 0.3) is 0 Å². The summed E-state index contributed by atoms with van der Waals surface area (Å²) in [6.45, 7) is 8.67. The van der Waals surface area contributed by atoms with Crippen LogP contribution in [0.3, 0.4) is 0 Å². The van der Waals surface area contributed by atoms with Crippen molar-refractivity contribution in [3.8, 4) is 0 Å². The predicted octanol–water partition coefficient (Wildman–Crippen LogP) is 1.99. The molecular formula is C13H28O4. The summed E-state index contributed by atoms with van der Waals surface area (Å²) in [7, 11) is 1.72.